The number of anilines is 1. The zero-order chi connectivity index (χ0) is 22.5. The molecule has 1 amide bonds. The fourth-order valence-electron chi connectivity index (χ4n) is 3.75. The Morgan fingerprint density at radius 2 is 1.77 bits per heavy atom. The molecule has 0 saturated carbocycles. The molecule has 0 radical (unpaired) electrons. The number of para-hydroxylation sites is 2. The molecule has 31 heavy (non-hydrogen) atoms. The average molecular weight is 446 g/mol. The van der Waals surface area contributed by atoms with Gasteiger partial charge in [0.1, 0.15) is 5.75 Å². The van der Waals surface area contributed by atoms with Crippen LogP contribution < -0.4 is 14.8 Å². The van der Waals surface area contributed by atoms with E-state index in [2.05, 4.69) is 28.8 Å². The van der Waals surface area contributed by atoms with Crippen molar-refractivity contribution in [2.24, 2.45) is 0 Å². The van der Waals surface area contributed by atoms with Crippen molar-refractivity contribution in [2.75, 3.05) is 31.5 Å². The van der Waals surface area contributed by atoms with Crippen molar-refractivity contribution in [3.63, 3.8) is 0 Å². The minimum atomic E-state index is -3.88. The van der Waals surface area contributed by atoms with Gasteiger partial charge in [-0.25, -0.2) is 8.42 Å². The Morgan fingerprint density at radius 1 is 1.06 bits per heavy atom. The second-order valence-electron chi connectivity index (χ2n) is 8.38. The van der Waals surface area contributed by atoms with Crippen molar-refractivity contribution in [1.82, 2.24) is 10.2 Å². The number of methoxy groups -OCH3 is 1. The summed E-state index contributed by atoms with van der Waals surface area (Å²) < 4.78 is 33.5. The van der Waals surface area contributed by atoms with Gasteiger partial charge >= 0.3 is 0 Å². The van der Waals surface area contributed by atoms with Crippen LogP contribution in [0.25, 0.3) is 0 Å². The first kappa shape index (κ1) is 23.1. The summed E-state index contributed by atoms with van der Waals surface area (Å²) in [6, 6.07) is 12.8. The minimum absolute atomic E-state index is 0.0151. The summed E-state index contributed by atoms with van der Waals surface area (Å²) in [5, 5.41) is 2.97. The Hall–Kier alpha value is -2.58. The number of nitrogens with one attached hydrogen (secondary N) is 2. The lowest BCUT2D eigenvalue weighted by Gasteiger charge is -2.41. The molecule has 2 aromatic carbocycles. The van der Waals surface area contributed by atoms with E-state index in [-0.39, 0.29) is 16.3 Å². The maximum absolute atomic E-state index is 12.9. The van der Waals surface area contributed by atoms with Crippen molar-refractivity contribution < 1.29 is 17.9 Å². The highest BCUT2D eigenvalue weighted by Crippen LogP contribution is 2.26. The molecule has 1 saturated heterocycles. The fourth-order valence-corrected chi connectivity index (χ4v) is 4.86. The summed E-state index contributed by atoms with van der Waals surface area (Å²) in [7, 11) is -2.40. The molecule has 0 aliphatic carbocycles. The van der Waals surface area contributed by atoms with Crippen LogP contribution in [0.3, 0.4) is 0 Å². The quantitative estimate of drug-likeness (QED) is 0.649. The zero-order valence-corrected chi connectivity index (χ0v) is 19.2. The number of hydrogen-bond donors (Lipinski definition) is 2. The second kappa shape index (κ2) is 9.70. The largest absolute Gasteiger partial charge is 0.495 e. The number of rotatable bonds is 8. The van der Waals surface area contributed by atoms with Gasteiger partial charge in [-0.05, 0) is 70.1 Å². The van der Waals surface area contributed by atoms with Gasteiger partial charge in [-0.2, -0.15) is 0 Å². The summed E-state index contributed by atoms with van der Waals surface area (Å²) in [5.41, 5.74) is 0.478. The second-order valence-corrected chi connectivity index (χ2v) is 10.1. The third-order valence-corrected chi connectivity index (χ3v) is 7.01. The molecule has 0 atom stereocenters. The Labute approximate surface area is 184 Å². The first-order valence-electron chi connectivity index (χ1n) is 10.5. The average Bonchev–Trinajstić information content (AvgIpc) is 2.78. The van der Waals surface area contributed by atoms with Crippen molar-refractivity contribution >= 4 is 21.6 Å². The third-order valence-electron chi connectivity index (χ3n) is 5.65. The van der Waals surface area contributed by atoms with Crippen molar-refractivity contribution in [2.45, 2.75) is 43.5 Å². The highest BCUT2D eigenvalue weighted by Gasteiger charge is 2.28. The van der Waals surface area contributed by atoms with Gasteiger partial charge in [0.2, 0.25) is 0 Å². The normalized spacial score (nSPS) is 15.3. The van der Waals surface area contributed by atoms with Crippen LogP contribution >= 0.6 is 0 Å². The molecule has 0 bridgehead atoms. The number of piperidine rings is 1. The highest BCUT2D eigenvalue weighted by molar-refractivity contribution is 7.92. The van der Waals surface area contributed by atoms with E-state index >= 15 is 0 Å². The molecule has 1 aliphatic heterocycles. The monoisotopic (exact) mass is 445 g/mol. The number of sulfonamides is 1. The summed E-state index contributed by atoms with van der Waals surface area (Å²) in [5.74, 6) is 0.124. The van der Waals surface area contributed by atoms with Gasteiger partial charge in [0.05, 0.1) is 17.7 Å². The van der Waals surface area contributed by atoms with Crippen LogP contribution in [0, 0.1) is 0 Å². The van der Waals surface area contributed by atoms with Crippen LogP contribution in [0.1, 0.15) is 43.5 Å². The third kappa shape index (κ3) is 5.77. The SMILES string of the molecule is COc1ccccc1NS(=O)(=O)c1cccc(C(=O)NCC(C)(C)N2CCCCC2)c1. The van der Waals surface area contributed by atoms with Gasteiger partial charge in [-0.3, -0.25) is 14.4 Å². The van der Waals surface area contributed by atoms with Crippen LogP contribution in [0.2, 0.25) is 0 Å². The maximum Gasteiger partial charge on any atom is 0.262 e. The smallest absolute Gasteiger partial charge is 0.262 e. The Bertz CT molecular complexity index is 1010. The van der Waals surface area contributed by atoms with Gasteiger partial charge in [-0.1, -0.05) is 24.6 Å². The van der Waals surface area contributed by atoms with Crippen LogP contribution in [0.15, 0.2) is 53.4 Å². The Morgan fingerprint density at radius 3 is 2.48 bits per heavy atom. The van der Waals surface area contributed by atoms with Gasteiger partial charge in [0, 0.05) is 17.6 Å². The molecule has 7 nitrogen and oxygen atoms in total. The Balaban J connectivity index is 1.70. The molecule has 3 rings (SSSR count). The summed E-state index contributed by atoms with van der Waals surface area (Å²) in [6.07, 6.45) is 3.61. The van der Waals surface area contributed by atoms with E-state index in [9.17, 15) is 13.2 Å². The molecule has 1 fully saturated rings. The first-order valence-corrected chi connectivity index (χ1v) is 12.0. The number of amides is 1. The number of benzene rings is 2. The number of hydrogen-bond acceptors (Lipinski definition) is 5. The van der Waals surface area contributed by atoms with E-state index in [4.69, 9.17) is 4.74 Å². The van der Waals surface area contributed by atoms with Crippen molar-refractivity contribution in [3.05, 3.63) is 54.1 Å². The van der Waals surface area contributed by atoms with Crippen LogP contribution in [0.4, 0.5) is 5.69 Å². The Kier molecular flexibility index (Phi) is 7.23. The predicted molar refractivity (Wildman–Crippen MR) is 122 cm³/mol. The van der Waals surface area contributed by atoms with Gasteiger partial charge in [-0.15, -0.1) is 0 Å². The number of ether oxygens (including phenoxy) is 1. The number of carbonyl (C=O) groups excluding carboxylic acids is 1. The predicted octanol–water partition coefficient (Wildman–Crippen LogP) is 3.49. The van der Waals surface area contributed by atoms with Crippen LogP contribution in [0.5, 0.6) is 5.75 Å². The lowest BCUT2D eigenvalue weighted by Crippen LogP contribution is -2.53. The molecule has 0 aromatic heterocycles. The molecule has 0 spiro atoms. The van der Waals surface area contributed by atoms with Gasteiger partial charge < -0.3 is 10.1 Å². The molecule has 1 aliphatic rings. The van der Waals surface area contributed by atoms with Gasteiger partial charge in [0.25, 0.3) is 15.9 Å². The van der Waals surface area contributed by atoms with E-state index in [0.717, 1.165) is 13.1 Å². The molecule has 1 heterocycles. The van der Waals surface area contributed by atoms with E-state index in [1.807, 2.05) is 0 Å². The van der Waals surface area contributed by atoms with Gasteiger partial charge in [0.15, 0.2) is 0 Å². The van der Waals surface area contributed by atoms with E-state index in [1.165, 1.54) is 38.5 Å². The zero-order valence-electron chi connectivity index (χ0n) is 18.3. The first-order chi connectivity index (χ1) is 14.7. The highest BCUT2D eigenvalue weighted by atomic mass is 32.2. The van der Waals surface area contributed by atoms with E-state index < -0.39 is 10.0 Å². The molecule has 2 aromatic rings. The number of likely N-dealkylation sites (tertiary alicyclic amines) is 1. The van der Waals surface area contributed by atoms with Crippen LogP contribution in [-0.2, 0) is 10.0 Å². The lowest BCUT2D eigenvalue weighted by atomic mass is 9.98. The number of nitrogens with zero attached hydrogens (tertiary/aromatic N) is 1. The summed E-state index contributed by atoms with van der Waals surface area (Å²) in [4.78, 5) is 15.2. The standard InChI is InChI=1S/C23H31N3O4S/c1-23(2,26-14-7-4-8-15-26)17-24-22(27)18-10-9-11-19(16-18)31(28,29)25-20-12-5-6-13-21(20)30-3/h5-6,9-13,16,25H,4,7-8,14-15,17H2,1-3H3,(H,24,27). The maximum atomic E-state index is 12.9. The minimum Gasteiger partial charge on any atom is -0.495 e. The number of carbonyl (C=O) groups is 1. The van der Waals surface area contributed by atoms with E-state index in [1.54, 1.807) is 36.4 Å². The van der Waals surface area contributed by atoms with Crippen molar-refractivity contribution in [3.8, 4) is 5.75 Å². The molecule has 2 N–H and O–H groups in total. The lowest BCUT2D eigenvalue weighted by molar-refractivity contribution is 0.0797. The molecular formula is C23H31N3O4S. The molecular weight excluding hydrogens is 414 g/mol. The van der Waals surface area contributed by atoms with E-state index in [0.29, 0.717) is 23.5 Å². The topological polar surface area (TPSA) is 87.7 Å². The summed E-state index contributed by atoms with van der Waals surface area (Å²) >= 11 is 0. The fraction of sp³-hybridized carbons (Fsp3) is 0.435. The molecule has 0 unspecified atom stereocenters. The molecule has 168 valence electrons. The van der Waals surface area contributed by atoms with Crippen LogP contribution in [-0.4, -0.2) is 51.5 Å². The van der Waals surface area contributed by atoms with Crippen molar-refractivity contribution in [1.29, 1.82) is 0 Å². The molecule has 8 heteroatoms. The summed E-state index contributed by atoms with van der Waals surface area (Å²) in [6.45, 7) is 6.80.